The van der Waals surface area contributed by atoms with Gasteiger partial charge in [0.1, 0.15) is 0 Å². The fraction of sp³-hybridized carbons (Fsp3) is 0.0714. The largest absolute Gasteiger partial charge is 0.300 e. The molecule has 2 aromatic rings. The lowest BCUT2D eigenvalue weighted by atomic mass is 10.0. The van der Waals surface area contributed by atoms with Crippen LogP contribution in [0.3, 0.4) is 0 Å². The lowest BCUT2D eigenvalue weighted by Crippen LogP contribution is -2.02. The van der Waals surface area contributed by atoms with E-state index in [1.54, 1.807) is 24.3 Å². The standard InChI is InChI=1S/C14H13NO2/c15-17-10-11-6-8-13(9-7-11)14(16)12-4-2-1-3-5-12/h1-9H,10,15H2. The highest BCUT2D eigenvalue weighted by Crippen LogP contribution is 2.11. The van der Waals surface area contributed by atoms with Gasteiger partial charge < -0.3 is 0 Å². The van der Waals surface area contributed by atoms with Crippen LogP contribution in [0, 0.1) is 0 Å². The van der Waals surface area contributed by atoms with Gasteiger partial charge in [0, 0.05) is 11.1 Å². The number of nitrogens with two attached hydrogens (primary N) is 1. The van der Waals surface area contributed by atoms with Crippen LogP contribution < -0.4 is 5.90 Å². The van der Waals surface area contributed by atoms with E-state index in [4.69, 9.17) is 5.90 Å². The Morgan fingerprint density at radius 1 is 0.941 bits per heavy atom. The molecule has 0 bridgehead atoms. The number of carbonyl (C=O) groups is 1. The van der Waals surface area contributed by atoms with Crippen LogP contribution in [0.1, 0.15) is 21.5 Å². The number of benzene rings is 2. The van der Waals surface area contributed by atoms with E-state index in [0.717, 1.165) is 5.56 Å². The highest BCUT2D eigenvalue weighted by Gasteiger charge is 2.07. The van der Waals surface area contributed by atoms with E-state index in [0.29, 0.717) is 17.7 Å². The molecule has 0 amide bonds. The average molecular weight is 227 g/mol. The number of ketones is 1. The van der Waals surface area contributed by atoms with E-state index in [9.17, 15) is 4.79 Å². The van der Waals surface area contributed by atoms with E-state index in [1.807, 2.05) is 30.3 Å². The van der Waals surface area contributed by atoms with Gasteiger partial charge >= 0.3 is 0 Å². The summed E-state index contributed by atoms with van der Waals surface area (Å²) in [6.45, 7) is 0.347. The second kappa shape index (κ2) is 5.39. The first kappa shape index (κ1) is 11.5. The zero-order valence-corrected chi connectivity index (χ0v) is 9.30. The van der Waals surface area contributed by atoms with Crippen LogP contribution in [0.4, 0.5) is 0 Å². The first-order chi connectivity index (χ1) is 8.31. The molecule has 2 aromatic carbocycles. The van der Waals surface area contributed by atoms with Crippen molar-refractivity contribution in [1.29, 1.82) is 0 Å². The Labute approximate surface area is 99.8 Å². The molecule has 0 heterocycles. The molecule has 0 aliphatic rings. The maximum absolute atomic E-state index is 12.1. The minimum Gasteiger partial charge on any atom is -0.300 e. The van der Waals surface area contributed by atoms with Crippen molar-refractivity contribution in [3.05, 3.63) is 71.3 Å². The maximum atomic E-state index is 12.1. The Morgan fingerprint density at radius 3 is 2.12 bits per heavy atom. The van der Waals surface area contributed by atoms with Crippen LogP contribution in [-0.4, -0.2) is 5.78 Å². The smallest absolute Gasteiger partial charge is 0.193 e. The van der Waals surface area contributed by atoms with E-state index >= 15 is 0 Å². The van der Waals surface area contributed by atoms with E-state index in [2.05, 4.69) is 4.84 Å². The topological polar surface area (TPSA) is 52.3 Å². The molecular weight excluding hydrogens is 214 g/mol. The van der Waals surface area contributed by atoms with Crippen molar-refractivity contribution in [2.24, 2.45) is 5.90 Å². The summed E-state index contributed by atoms with van der Waals surface area (Å²) in [7, 11) is 0. The summed E-state index contributed by atoms with van der Waals surface area (Å²) in [6.07, 6.45) is 0. The summed E-state index contributed by atoms with van der Waals surface area (Å²) in [4.78, 5) is 16.6. The van der Waals surface area contributed by atoms with Gasteiger partial charge in [-0.05, 0) is 5.56 Å². The molecule has 2 rings (SSSR count). The van der Waals surface area contributed by atoms with Crippen molar-refractivity contribution in [1.82, 2.24) is 0 Å². The number of hydrogen-bond donors (Lipinski definition) is 1. The fourth-order valence-electron chi connectivity index (χ4n) is 1.60. The van der Waals surface area contributed by atoms with Gasteiger partial charge in [0.2, 0.25) is 0 Å². The Morgan fingerprint density at radius 2 is 1.53 bits per heavy atom. The van der Waals surface area contributed by atoms with E-state index in [1.165, 1.54) is 0 Å². The third kappa shape index (κ3) is 2.78. The highest BCUT2D eigenvalue weighted by atomic mass is 16.6. The van der Waals surface area contributed by atoms with Crippen molar-refractivity contribution in [2.75, 3.05) is 0 Å². The molecule has 0 aromatic heterocycles. The number of hydrogen-bond acceptors (Lipinski definition) is 3. The molecule has 0 saturated heterocycles. The summed E-state index contributed by atoms with van der Waals surface area (Å²) in [5.74, 6) is 5.00. The first-order valence-corrected chi connectivity index (χ1v) is 5.31. The van der Waals surface area contributed by atoms with Gasteiger partial charge in [-0.1, -0.05) is 54.6 Å². The third-order valence-electron chi connectivity index (χ3n) is 2.50. The molecule has 86 valence electrons. The molecule has 0 atom stereocenters. The fourth-order valence-corrected chi connectivity index (χ4v) is 1.60. The zero-order chi connectivity index (χ0) is 12.1. The van der Waals surface area contributed by atoms with Crippen LogP contribution in [0.2, 0.25) is 0 Å². The Kier molecular flexibility index (Phi) is 3.65. The zero-order valence-electron chi connectivity index (χ0n) is 9.30. The Bertz CT molecular complexity index is 491. The second-order valence-electron chi connectivity index (χ2n) is 3.70. The van der Waals surface area contributed by atoms with Gasteiger partial charge in [0.15, 0.2) is 5.78 Å². The summed E-state index contributed by atoms with van der Waals surface area (Å²) in [5, 5.41) is 0. The predicted molar refractivity (Wildman–Crippen MR) is 65.3 cm³/mol. The minimum atomic E-state index is 0.0193. The molecular formula is C14H13NO2. The molecule has 0 radical (unpaired) electrons. The monoisotopic (exact) mass is 227 g/mol. The molecule has 0 spiro atoms. The lowest BCUT2D eigenvalue weighted by molar-refractivity contribution is 0.103. The quantitative estimate of drug-likeness (QED) is 0.644. The van der Waals surface area contributed by atoms with Crippen molar-refractivity contribution >= 4 is 5.78 Å². The van der Waals surface area contributed by atoms with Crippen LogP contribution in [0.25, 0.3) is 0 Å². The molecule has 0 unspecified atom stereocenters. The Balaban J connectivity index is 2.20. The highest BCUT2D eigenvalue weighted by molar-refractivity contribution is 6.08. The predicted octanol–water partition coefficient (Wildman–Crippen LogP) is 2.31. The number of carbonyl (C=O) groups excluding carboxylic acids is 1. The molecule has 0 aliphatic heterocycles. The molecule has 2 N–H and O–H groups in total. The van der Waals surface area contributed by atoms with Gasteiger partial charge in [-0.3, -0.25) is 9.63 Å². The van der Waals surface area contributed by atoms with Gasteiger partial charge in [-0.2, -0.15) is 0 Å². The molecule has 17 heavy (non-hydrogen) atoms. The lowest BCUT2D eigenvalue weighted by Gasteiger charge is -2.03. The van der Waals surface area contributed by atoms with Gasteiger partial charge in [-0.15, -0.1) is 0 Å². The second-order valence-corrected chi connectivity index (χ2v) is 3.70. The normalized spacial score (nSPS) is 10.2. The van der Waals surface area contributed by atoms with Gasteiger partial charge in [-0.25, -0.2) is 5.90 Å². The molecule has 0 fully saturated rings. The summed E-state index contributed by atoms with van der Waals surface area (Å²) in [6, 6.07) is 16.4. The Hall–Kier alpha value is -1.97. The SMILES string of the molecule is NOCc1ccc(C(=O)c2ccccc2)cc1. The van der Waals surface area contributed by atoms with Crippen LogP contribution >= 0.6 is 0 Å². The minimum absolute atomic E-state index is 0.0193. The number of rotatable bonds is 4. The summed E-state index contributed by atoms with van der Waals surface area (Å²) >= 11 is 0. The maximum Gasteiger partial charge on any atom is 0.193 e. The van der Waals surface area contributed by atoms with Gasteiger partial charge in [0.05, 0.1) is 6.61 Å². The molecule has 3 heteroatoms. The molecule has 3 nitrogen and oxygen atoms in total. The van der Waals surface area contributed by atoms with Crippen molar-refractivity contribution < 1.29 is 9.63 Å². The third-order valence-corrected chi connectivity index (χ3v) is 2.50. The first-order valence-electron chi connectivity index (χ1n) is 5.31. The molecule has 0 saturated carbocycles. The van der Waals surface area contributed by atoms with Crippen molar-refractivity contribution in [2.45, 2.75) is 6.61 Å². The van der Waals surface area contributed by atoms with Gasteiger partial charge in [0.25, 0.3) is 0 Å². The van der Waals surface area contributed by atoms with E-state index in [-0.39, 0.29) is 5.78 Å². The summed E-state index contributed by atoms with van der Waals surface area (Å²) < 4.78 is 0. The summed E-state index contributed by atoms with van der Waals surface area (Å²) in [5.41, 5.74) is 2.30. The van der Waals surface area contributed by atoms with Crippen LogP contribution in [0.15, 0.2) is 54.6 Å². The van der Waals surface area contributed by atoms with Crippen LogP contribution in [0.5, 0.6) is 0 Å². The van der Waals surface area contributed by atoms with Crippen molar-refractivity contribution in [3.63, 3.8) is 0 Å². The molecule has 0 aliphatic carbocycles. The average Bonchev–Trinajstić information content (AvgIpc) is 2.40. The van der Waals surface area contributed by atoms with E-state index < -0.39 is 0 Å². The van der Waals surface area contributed by atoms with Crippen molar-refractivity contribution in [3.8, 4) is 0 Å². The van der Waals surface area contributed by atoms with Crippen LogP contribution in [-0.2, 0) is 11.4 Å².